The van der Waals surface area contributed by atoms with Gasteiger partial charge in [0.2, 0.25) is 0 Å². The van der Waals surface area contributed by atoms with Crippen LogP contribution >= 0.6 is 0 Å². The van der Waals surface area contributed by atoms with E-state index in [-0.39, 0.29) is 6.10 Å². The van der Waals surface area contributed by atoms with Crippen LogP contribution in [0.3, 0.4) is 0 Å². The van der Waals surface area contributed by atoms with Crippen molar-refractivity contribution in [3.8, 4) is 11.5 Å². The van der Waals surface area contributed by atoms with Crippen molar-refractivity contribution in [2.24, 2.45) is 0 Å². The zero-order valence-corrected chi connectivity index (χ0v) is 10.2. The second kappa shape index (κ2) is 5.80. The molecule has 0 aliphatic carbocycles. The highest BCUT2D eigenvalue weighted by Gasteiger charge is 2.10. The van der Waals surface area contributed by atoms with Crippen LogP contribution in [0.4, 0.5) is 0 Å². The SMILES string of the molecule is CC(C)Oc1ccc(C(C)C)cc1O[B]O. The van der Waals surface area contributed by atoms with Gasteiger partial charge in [-0.15, -0.1) is 0 Å². The third-order valence-electron chi connectivity index (χ3n) is 2.18. The van der Waals surface area contributed by atoms with Gasteiger partial charge < -0.3 is 14.4 Å². The van der Waals surface area contributed by atoms with E-state index >= 15 is 0 Å². The molecular formula is C12H18BO3. The first kappa shape index (κ1) is 12.9. The van der Waals surface area contributed by atoms with Gasteiger partial charge in [0.25, 0.3) is 0 Å². The van der Waals surface area contributed by atoms with Gasteiger partial charge >= 0.3 is 7.69 Å². The van der Waals surface area contributed by atoms with Gasteiger partial charge in [0.15, 0.2) is 5.75 Å². The molecule has 1 aromatic carbocycles. The Kier molecular flexibility index (Phi) is 4.68. The van der Waals surface area contributed by atoms with Gasteiger partial charge in [-0.05, 0) is 37.5 Å². The summed E-state index contributed by atoms with van der Waals surface area (Å²) >= 11 is 0. The molecule has 0 amide bonds. The maximum Gasteiger partial charge on any atom is 0.569 e. The van der Waals surface area contributed by atoms with Crippen molar-refractivity contribution in [1.29, 1.82) is 0 Å². The molecule has 16 heavy (non-hydrogen) atoms. The highest BCUT2D eigenvalue weighted by molar-refractivity contribution is 6.17. The molecule has 4 heteroatoms. The molecular weight excluding hydrogens is 203 g/mol. The highest BCUT2D eigenvalue weighted by Crippen LogP contribution is 2.31. The molecule has 0 heterocycles. The largest absolute Gasteiger partial charge is 0.569 e. The fraction of sp³-hybridized carbons (Fsp3) is 0.500. The Morgan fingerprint density at radius 3 is 2.31 bits per heavy atom. The first-order chi connectivity index (χ1) is 7.54. The Labute approximate surface area is 97.7 Å². The third-order valence-corrected chi connectivity index (χ3v) is 2.18. The zero-order chi connectivity index (χ0) is 12.1. The minimum atomic E-state index is 0.0749. The minimum absolute atomic E-state index is 0.0749. The highest BCUT2D eigenvalue weighted by atomic mass is 16.5. The maximum absolute atomic E-state index is 8.70. The number of benzene rings is 1. The van der Waals surface area contributed by atoms with Gasteiger partial charge in [-0.1, -0.05) is 19.9 Å². The zero-order valence-electron chi connectivity index (χ0n) is 10.2. The van der Waals surface area contributed by atoms with Crippen molar-refractivity contribution in [3.63, 3.8) is 0 Å². The molecule has 1 aromatic rings. The average molecular weight is 221 g/mol. The first-order valence-electron chi connectivity index (χ1n) is 5.47. The Hall–Kier alpha value is -1.16. The lowest BCUT2D eigenvalue weighted by molar-refractivity contribution is 0.235. The van der Waals surface area contributed by atoms with E-state index in [4.69, 9.17) is 14.4 Å². The predicted molar refractivity (Wildman–Crippen MR) is 64.9 cm³/mol. The van der Waals surface area contributed by atoms with Crippen LogP contribution in [-0.4, -0.2) is 18.8 Å². The van der Waals surface area contributed by atoms with E-state index in [1.165, 1.54) is 0 Å². The maximum atomic E-state index is 8.70. The summed E-state index contributed by atoms with van der Waals surface area (Å²) in [5.74, 6) is 1.60. The fourth-order valence-electron chi connectivity index (χ4n) is 1.38. The van der Waals surface area contributed by atoms with Gasteiger partial charge in [-0.25, -0.2) is 0 Å². The van der Waals surface area contributed by atoms with Crippen LogP contribution in [0.2, 0.25) is 0 Å². The van der Waals surface area contributed by atoms with E-state index in [1.54, 1.807) is 0 Å². The van der Waals surface area contributed by atoms with E-state index in [0.29, 0.717) is 25.1 Å². The molecule has 0 aromatic heterocycles. The Bertz CT molecular complexity index is 337. The van der Waals surface area contributed by atoms with Crippen LogP contribution < -0.4 is 9.39 Å². The quantitative estimate of drug-likeness (QED) is 0.776. The van der Waals surface area contributed by atoms with Crippen LogP contribution in [0.1, 0.15) is 39.2 Å². The second-order valence-electron chi connectivity index (χ2n) is 4.25. The lowest BCUT2D eigenvalue weighted by Gasteiger charge is -2.16. The normalized spacial score (nSPS) is 10.7. The summed E-state index contributed by atoms with van der Waals surface area (Å²) < 4.78 is 10.6. The molecule has 0 aliphatic rings. The monoisotopic (exact) mass is 221 g/mol. The number of rotatable bonds is 5. The van der Waals surface area contributed by atoms with Crippen molar-refractivity contribution in [1.82, 2.24) is 0 Å². The van der Waals surface area contributed by atoms with Crippen molar-refractivity contribution in [3.05, 3.63) is 23.8 Å². The van der Waals surface area contributed by atoms with Crippen molar-refractivity contribution in [2.45, 2.75) is 39.7 Å². The molecule has 0 spiro atoms. The molecule has 0 fully saturated rings. The van der Waals surface area contributed by atoms with E-state index in [9.17, 15) is 0 Å². The molecule has 0 atom stereocenters. The molecule has 1 rings (SSSR count). The van der Waals surface area contributed by atoms with E-state index in [2.05, 4.69) is 13.8 Å². The summed E-state index contributed by atoms with van der Waals surface area (Å²) in [7, 11) is 0.673. The average Bonchev–Trinajstić information content (AvgIpc) is 2.20. The second-order valence-corrected chi connectivity index (χ2v) is 4.25. The molecule has 1 radical (unpaired) electrons. The van der Waals surface area contributed by atoms with Crippen LogP contribution in [0, 0.1) is 0 Å². The van der Waals surface area contributed by atoms with Crippen LogP contribution in [-0.2, 0) is 0 Å². The van der Waals surface area contributed by atoms with Crippen LogP contribution in [0.25, 0.3) is 0 Å². The summed E-state index contributed by atoms with van der Waals surface area (Å²) in [6.45, 7) is 8.10. The number of hydrogen-bond acceptors (Lipinski definition) is 3. The number of ether oxygens (including phenoxy) is 1. The summed E-state index contributed by atoms with van der Waals surface area (Å²) in [5.41, 5.74) is 1.15. The molecule has 0 aliphatic heterocycles. The van der Waals surface area contributed by atoms with Crippen molar-refractivity contribution >= 4 is 7.69 Å². The lowest BCUT2D eigenvalue weighted by Crippen LogP contribution is -2.09. The number of hydrogen-bond donors (Lipinski definition) is 1. The molecule has 87 valence electrons. The Morgan fingerprint density at radius 1 is 1.12 bits per heavy atom. The van der Waals surface area contributed by atoms with Gasteiger partial charge in [0.05, 0.1) is 6.10 Å². The summed E-state index contributed by atoms with van der Waals surface area (Å²) in [6.07, 6.45) is 0.0749. The van der Waals surface area contributed by atoms with Gasteiger partial charge in [0.1, 0.15) is 5.75 Å². The smallest absolute Gasteiger partial charge is 0.535 e. The molecule has 3 nitrogen and oxygen atoms in total. The van der Waals surface area contributed by atoms with Crippen LogP contribution in [0.15, 0.2) is 18.2 Å². The molecule has 0 bridgehead atoms. The van der Waals surface area contributed by atoms with Gasteiger partial charge in [0, 0.05) is 0 Å². The van der Waals surface area contributed by atoms with Crippen molar-refractivity contribution in [2.75, 3.05) is 0 Å². The molecule has 0 saturated heterocycles. The summed E-state index contributed by atoms with van der Waals surface area (Å²) in [6, 6.07) is 5.76. The van der Waals surface area contributed by atoms with E-state index in [0.717, 1.165) is 5.56 Å². The fourth-order valence-corrected chi connectivity index (χ4v) is 1.38. The standard InChI is InChI=1S/C12H18BO3/c1-8(2)10-5-6-11(15-9(3)4)12(7-10)16-13-14/h5-9,14H,1-4H3. The van der Waals surface area contributed by atoms with Gasteiger partial charge in [-0.2, -0.15) is 0 Å². The van der Waals surface area contributed by atoms with Gasteiger partial charge in [-0.3, -0.25) is 0 Å². The van der Waals surface area contributed by atoms with E-state index in [1.807, 2.05) is 32.0 Å². The topological polar surface area (TPSA) is 38.7 Å². The van der Waals surface area contributed by atoms with E-state index < -0.39 is 0 Å². The molecule has 0 saturated carbocycles. The molecule has 0 unspecified atom stereocenters. The predicted octanol–water partition coefficient (Wildman–Crippen LogP) is 2.50. The summed E-state index contributed by atoms with van der Waals surface area (Å²) in [4.78, 5) is 0. The molecule has 1 N–H and O–H groups in total. The summed E-state index contributed by atoms with van der Waals surface area (Å²) in [5, 5.41) is 8.70. The third kappa shape index (κ3) is 3.45. The first-order valence-corrected chi connectivity index (χ1v) is 5.47. The Balaban J connectivity index is 2.99. The Morgan fingerprint density at radius 2 is 1.81 bits per heavy atom. The van der Waals surface area contributed by atoms with Crippen LogP contribution in [0.5, 0.6) is 11.5 Å². The van der Waals surface area contributed by atoms with Crippen molar-refractivity contribution < 1.29 is 14.4 Å². The minimum Gasteiger partial charge on any atom is -0.535 e. The lowest BCUT2D eigenvalue weighted by atomic mass is 10.0.